The van der Waals surface area contributed by atoms with Crippen molar-refractivity contribution in [3.8, 4) is 0 Å². The Morgan fingerprint density at radius 1 is 0.838 bits per heavy atom. The highest BCUT2D eigenvalue weighted by molar-refractivity contribution is 5.82. The number of hydrogen-bond acceptors (Lipinski definition) is 14. The second kappa shape index (κ2) is 13.5. The molecule has 0 aromatic carbocycles. The van der Waals surface area contributed by atoms with Gasteiger partial charge in [0.1, 0.15) is 54.9 Å². The minimum Gasteiger partial charge on any atom is -0.481 e. The Labute approximate surface area is 212 Å². The van der Waals surface area contributed by atoms with Crippen LogP contribution in [0.25, 0.3) is 0 Å². The Balaban J connectivity index is 2.20. The minimum atomic E-state index is -1.84. The van der Waals surface area contributed by atoms with Gasteiger partial charge in [-0.05, 0) is 0 Å². The summed E-state index contributed by atoms with van der Waals surface area (Å²) in [6.07, 6.45) is -18.1. The van der Waals surface area contributed by atoms with Gasteiger partial charge in [-0.1, -0.05) is 13.8 Å². The highest BCUT2D eigenvalue weighted by Gasteiger charge is 2.49. The molecule has 2 aliphatic rings. The molecule has 37 heavy (non-hydrogen) atoms. The van der Waals surface area contributed by atoms with E-state index in [0.717, 1.165) is 0 Å². The largest absolute Gasteiger partial charge is 0.481 e. The number of rotatable bonds is 12. The molecular weight excluding hydrogens is 506 g/mol. The Morgan fingerprint density at radius 3 is 1.81 bits per heavy atom. The molecule has 2 heterocycles. The van der Waals surface area contributed by atoms with Crippen molar-refractivity contribution in [2.24, 2.45) is 5.41 Å². The third kappa shape index (κ3) is 7.75. The molecule has 2 rings (SSSR count). The summed E-state index contributed by atoms with van der Waals surface area (Å²) in [4.78, 5) is 23.8. The predicted molar refractivity (Wildman–Crippen MR) is 117 cm³/mol. The van der Waals surface area contributed by atoms with Crippen LogP contribution in [0, 0.1) is 5.41 Å². The van der Waals surface area contributed by atoms with Gasteiger partial charge in [-0.15, -0.1) is 0 Å². The molecule has 0 aromatic heterocycles. The number of aliphatic hydroxyl groups is 8. The number of aliphatic carboxylic acids is 1. The summed E-state index contributed by atoms with van der Waals surface area (Å²) < 4.78 is 21.8. The van der Waals surface area contributed by atoms with E-state index in [4.69, 9.17) is 24.1 Å². The van der Waals surface area contributed by atoms with Gasteiger partial charge in [-0.25, -0.2) is 0 Å². The number of ether oxygens (including phenoxy) is 4. The predicted octanol–water partition coefficient (Wildman–Crippen LogP) is -5.39. The molecule has 0 aliphatic carbocycles. The van der Waals surface area contributed by atoms with Gasteiger partial charge in [0.2, 0.25) is 5.91 Å². The van der Waals surface area contributed by atoms with E-state index in [1.54, 1.807) is 0 Å². The molecular formula is C21H37NO15. The number of hydrogen-bond donors (Lipinski definition) is 10. The Kier molecular flexibility index (Phi) is 11.6. The van der Waals surface area contributed by atoms with E-state index in [-0.39, 0.29) is 6.54 Å². The Hall–Kier alpha value is -1.54. The lowest BCUT2D eigenvalue weighted by Crippen LogP contribution is -2.62. The molecule has 2 saturated heterocycles. The molecule has 216 valence electrons. The van der Waals surface area contributed by atoms with Crippen molar-refractivity contribution in [1.29, 1.82) is 0 Å². The van der Waals surface area contributed by atoms with Crippen LogP contribution in [0.5, 0.6) is 0 Å². The van der Waals surface area contributed by atoms with E-state index >= 15 is 0 Å². The summed E-state index contributed by atoms with van der Waals surface area (Å²) in [5.74, 6) is -2.04. The number of carbonyl (C=O) groups is 2. The summed E-state index contributed by atoms with van der Waals surface area (Å²) >= 11 is 0. The van der Waals surface area contributed by atoms with E-state index in [1.165, 1.54) is 13.8 Å². The molecule has 2 fully saturated rings. The van der Waals surface area contributed by atoms with Gasteiger partial charge in [0, 0.05) is 12.0 Å². The second-order valence-corrected chi connectivity index (χ2v) is 9.65. The van der Waals surface area contributed by atoms with Gasteiger partial charge >= 0.3 is 5.97 Å². The maximum Gasteiger partial charge on any atom is 0.305 e. The number of amides is 1. The van der Waals surface area contributed by atoms with Crippen LogP contribution in [0.15, 0.2) is 0 Å². The summed E-state index contributed by atoms with van der Waals surface area (Å²) in [6, 6.07) is 0. The summed E-state index contributed by atoms with van der Waals surface area (Å²) in [7, 11) is 0. The maximum atomic E-state index is 13.0. The van der Waals surface area contributed by atoms with Crippen LogP contribution in [-0.2, 0) is 28.5 Å². The molecule has 16 nitrogen and oxygen atoms in total. The smallest absolute Gasteiger partial charge is 0.305 e. The van der Waals surface area contributed by atoms with Crippen molar-refractivity contribution in [3.05, 3.63) is 0 Å². The SMILES string of the molecule is CC(C)(COC1OC(CO)C(O)C(O)C1O)C(OC1OC(CO)C(O)C(O)C1O)C(=O)NCCC(=O)O. The quantitative estimate of drug-likeness (QED) is 0.110. The van der Waals surface area contributed by atoms with Crippen LogP contribution < -0.4 is 5.32 Å². The van der Waals surface area contributed by atoms with Crippen molar-refractivity contribution in [3.63, 3.8) is 0 Å². The first-order valence-corrected chi connectivity index (χ1v) is 11.6. The van der Waals surface area contributed by atoms with Crippen molar-refractivity contribution < 1.29 is 74.5 Å². The topological polar surface area (TPSA) is 265 Å². The number of carbonyl (C=O) groups excluding carboxylic acids is 1. The fourth-order valence-electron chi connectivity index (χ4n) is 3.88. The molecule has 0 saturated carbocycles. The first-order chi connectivity index (χ1) is 17.2. The molecule has 11 atom stereocenters. The van der Waals surface area contributed by atoms with E-state index in [1.807, 2.05) is 0 Å². The summed E-state index contributed by atoms with van der Waals surface area (Å²) in [6.45, 7) is 0.772. The third-order valence-electron chi connectivity index (χ3n) is 6.17. The van der Waals surface area contributed by atoms with Gasteiger partial charge in [0.15, 0.2) is 12.6 Å². The van der Waals surface area contributed by atoms with Gasteiger partial charge in [-0.3, -0.25) is 9.59 Å². The Morgan fingerprint density at radius 2 is 1.32 bits per heavy atom. The van der Waals surface area contributed by atoms with Crippen LogP contribution in [-0.4, -0.2) is 152 Å². The molecule has 0 radical (unpaired) electrons. The molecule has 11 unspecified atom stereocenters. The lowest BCUT2D eigenvalue weighted by molar-refractivity contribution is -0.324. The fourth-order valence-corrected chi connectivity index (χ4v) is 3.88. The van der Waals surface area contributed by atoms with E-state index in [2.05, 4.69) is 5.32 Å². The van der Waals surface area contributed by atoms with Crippen LogP contribution in [0.2, 0.25) is 0 Å². The summed E-state index contributed by atoms with van der Waals surface area (Å²) in [5, 5.41) is 90.4. The van der Waals surface area contributed by atoms with E-state index in [9.17, 15) is 50.4 Å². The standard InChI is InChI=1S/C21H37NO15/c1-21(2,7-34-19-15(31)13(29)11(27)8(5-23)35-19)17(18(33)22-4-3-10(25)26)37-20-16(32)14(30)12(28)9(6-24)36-20/h8-9,11-17,19-20,23-24,27-32H,3-7H2,1-2H3,(H,22,33)(H,25,26). The number of carboxylic acids is 1. The van der Waals surface area contributed by atoms with E-state index in [0.29, 0.717) is 0 Å². The van der Waals surface area contributed by atoms with Gasteiger partial charge in [-0.2, -0.15) is 0 Å². The van der Waals surface area contributed by atoms with Crippen molar-refractivity contribution in [1.82, 2.24) is 5.32 Å². The average molecular weight is 544 g/mol. The molecule has 0 aromatic rings. The zero-order valence-electron chi connectivity index (χ0n) is 20.4. The highest BCUT2D eigenvalue weighted by Crippen LogP contribution is 2.31. The molecule has 1 amide bonds. The zero-order chi connectivity index (χ0) is 28.1. The molecule has 16 heteroatoms. The van der Waals surface area contributed by atoms with Crippen LogP contribution in [0.4, 0.5) is 0 Å². The Bertz CT molecular complexity index is 749. The van der Waals surface area contributed by atoms with Crippen molar-refractivity contribution in [2.45, 2.75) is 87.8 Å². The fraction of sp³-hybridized carbons (Fsp3) is 0.905. The minimum absolute atomic E-state index is 0.285. The summed E-state index contributed by atoms with van der Waals surface area (Å²) in [5.41, 5.74) is -1.36. The normalized spacial score (nSPS) is 37.7. The molecule has 0 bridgehead atoms. The second-order valence-electron chi connectivity index (χ2n) is 9.65. The van der Waals surface area contributed by atoms with Crippen LogP contribution in [0.1, 0.15) is 20.3 Å². The third-order valence-corrected chi connectivity index (χ3v) is 6.17. The maximum absolute atomic E-state index is 13.0. The number of carboxylic acid groups (broad SMARTS) is 1. The number of nitrogens with one attached hydrogen (secondary N) is 1. The number of aliphatic hydroxyl groups excluding tert-OH is 8. The molecule has 0 spiro atoms. The lowest BCUT2D eigenvalue weighted by atomic mass is 9.86. The monoisotopic (exact) mass is 543 g/mol. The van der Waals surface area contributed by atoms with Crippen molar-refractivity contribution >= 4 is 11.9 Å². The lowest BCUT2D eigenvalue weighted by Gasteiger charge is -2.44. The highest BCUT2D eigenvalue weighted by atomic mass is 16.7. The van der Waals surface area contributed by atoms with Crippen molar-refractivity contribution in [2.75, 3.05) is 26.4 Å². The van der Waals surface area contributed by atoms with E-state index < -0.39 is 111 Å². The first-order valence-electron chi connectivity index (χ1n) is 11.6. The first kappa shape index (κ1) is 31.7. The zero-order valence-corrected chi connectivity index (χ0v) is 20.4. The van der Waals surface area contributed by atoms with Crippen LogP contribution >= 0.6 is 0 Å². The van der Waals surface area contributed by atoms with Crippen LogP contribution in [0.3, 0.4) is 0 Å². The molecule has 2 aliphatic heterocycles. The van der Waals surface area contributed by atoms with Gasteiger partial charge < -0.3 is 70.2 Å². The van der Waals surface area contributed by atoms with Gasteiger partial charge in [0.25, 0.3) is 0 Å². The van der Waals surface area contributed by atoms with Gasteiger partial charge in [0.05, 0.1) is 26.2 Å². The molecule has 10 N–H and O–H groups in total. The average Bonchev–Trinajstić information content (AvgIpc) is 2.84.